The molecule has 0 aromatic carbocycles. The fourth-order valence-corrected chi connectivity index (χ4v) is 3.92. The van der Waals surface area contributed by atoms with Crippen molar-refractivity contribution in [2.24, 2.45) is 0 Å². The van der Waals surface area contributed by atoms with E-state index in [4.69, 9.17) is 22.6 Å². The van der Waals surface area contributed by atoms with Gasteiger partial charge >= 0.3 is 15.4 Å². The molecule has 0 aliphatic heterocycles. The molecule has 9 heteroatoms. The smallest absolute Gasteiger partial charge is 0.396 e. The average molecular weight is 316 g/mol. The normalized spacial score (nSPS) is 12.4. The molecule has 114 valence electrons. The van der Waals surface area contributed by atoms with Gasteiger partial charge < -0.3 is 13.6 Å². The maximum absolute atomic E-state index is 12.3. The molecule has 0 radical (unpaired) electrons. The van der Waals surface area contributed by atoms with Crippen LogP contribution in [0.25, 0.3) is 0 Å². The minimum absolute atomic E-state index is 0.109. The fourth-order valence-electron chi connectivity index (χ4n) is 1.11. The first kappa shape index (κ1) is 18.8. The van der Waals surface area contributed by atoms with Gasteiger partial charge in [0.15, 0.2) is 0 Å². The van der Waals surface area contributed by atoms with Crippen LogP contribution in [-0.2, 0) is 31.7 Å². The van der Waals surface area contributed by atoms with E-state index in [0.29, 0.717) is 0 Å². The summed E-state index contributed by atoms with van der Waals surface area (Å²) in [6.45, 7) is 10.5. The second kappa shape index (κ2) is 8.90. The summed E-state index contributed by atoms with van der Waals surface area (Å²) in [7, 11) is -7.55. The van der Waals surface area contributed by atoms with Crippen LogP contribution in [0, 0.1) is 0 Å². The highest BCUT2D eigenvalue weighted by atomic mass is 31.2. The van der Waals surface area contributed by atoms with Crippen LogP contribution >= 0.6 is 15.4 Å². The summed E-state index contributed by atoms with van der Waals surface area (Å²) in [5, 5.41) is 0. The molecule has 0 heterocycles. The lowest BCUT2D eigenvalue weighted by atomic mass is 10.9. The molecule has 0 unspecified atom stereocenters. The molecule has 0 N–H and O–H groups in total. The molecule has 0 atom stereocenters. The number of rotatable bonds is 11. The SMILES string of the molecule is C=C(OP(=O)(OCC)OCC)P(=O)(OCC)OCC. The summed E-state index contributed by atoms with van der Waals surface area (Å²) in [5.74, 6) is 0. The molecule has 0 bridgehead atoms. The molecular weight excluding hydrogens is 294 g/mol. The Morgan fingerprint density at radius 1 is 0.842 bits per heavy atom. The van der Waals surface area contributed by atoms with Gasteiger partial charge in [-0.1, -0.05) is 0 Å². The predicted octanol–water partition coefficient (Wildman–Crippen LogP) is 3.92. The van der Waals surface area contributed by atoms with E-state index >= 15 is 0 Å². The van der Waals surface area contributed by atoms with Crippen molar-refractivity contribution in [3.63, 3.8) is 0 Å². The molecule has 0 aliphatic rings. The molecule has 0 aromatic heterocycles. The number of phosphoric ester groups is 1. The van der Waals surface area contributed by atoms with Crippen molar-refractivity contribution in [2.75, 3.05) is 26.4 Å². The summed E-state index contributed by atoms with van der Waals surface area (Å²) >= 11 is 0. The molecule has 0 amide bonds. The minimum atomic E-state index is -3.85. The van der Waals surface area contributed by atoms with Crippen LogP contribution in [0.3, 0.4) is 0 Å². The van der Waals surface area contributed by atoms with Crippen molar-refractivity contribution in [1.29, 1.82) is 0 Å². The third kappa shape index (κ3) is 6.21. The highest BCUT2D eigenvalue weighted by Gasteiger charge is 2.37. The van der Waals surface area contributed by atoms with Crippen LogP contribution in [0.4, 0.5) is 0 Å². The Labute approximate surface area is 114 Å². The molecule has 0 saturated carbocycles. The third-order valence-electron chi connectivity index (χ3n) is 1.70. The standard InChI is InChI=1S/C10H22O7P2/c1-6-13-18(11,14-7-2)10(5)17-19(12,15-8-3)16-9-4/h5-9H2,1-4H3. The van der Waals surface area contributed by atoms with E-state index in [-0.39, 0.29) is 31.9 Å². The van der Waals surface area contributed by atoms with Crippen LogP contribution in [-0.4, -0.2) is 26.4 Å². The van der Waals surface area contributed by atoms with Crippen LogP contribution < -0.4 is 0 Å². The van der Waals surface area contributed by atoms with Crippen LogP contribution in [0.2, 0.25) is 0 Å². The van der Waals surface area contributed by atoms with Gasteiger partial charge in [0.05, 0.1) is 26.4 Å². The zero-order valence-corrected chi connectivity index (χ0v) is 13.6. The molecule has 19 heavy (non-hydrogen) atoms. The van der Waals surface area contributed by atoms with Crippen molar-refractivity contribution in [2.45, 2.75) is 27.7 Å². The van der Waals surface area contributed by atoms with E-state index in [0.717, 1.165) is 0 Å². The second-order valence-corrected chi connectivity index (χ2v) is 6.70. The van der Waals surface area contributed by atoms with Gasteiger partial charge in [0.2, 0.25) is 5.50 Å². The average Bonchev–Trinajstić information content (AvgIpc) is 2.29. The summed E-state index contributed by atoms with van der Waals surface area (Å²) in [6.07, 6.45) is 0. The second-order valence-electron chi connectivity index (χ2n) is 3.10. The topological polar surface area (TPSA) is 80.3 Å². The molecule has 0 spiro atoms. The zero-order valence-electron chi connectivity index (χ0n) is 11.8. The first-order valence-corrected chi connectivity index (χ1v) is 9.05. The lowest BCUT2D eigenvalue weighted by molar-refractivity contribution is 0.142. The van der Waals surface area contributed by atoms with Crippen LogP contribution in [0.5, 0.6) is 0 Å². The van der Waals surface area contributed by atoms with Crippen molar-refractivity contribution >= 4 is 15.4 Å². The maximum Gasteiger partial charge on any atom is 0.530 e. The van der Waals surface area contributed by atoms with Gasteiger partial charge in [-0.2, -0.15) is 0 Å². The molecule has 0 saturated heterocycles. The van der Waals surface area contributed by atoms with Gasteiger partial charge in [-0.3, -0.25) is 13.6 Å². The first-order valence-electron chi connectivity index (χ1n) is 6.04. The van der Waals surface area contributed by atoms with Gasteiger partial charge in [0.25, 0.3) is 0 Å². The lowest BCUT2D eigenvalue weighted by Crippen LogP contribution is -2.04. The molecule has 7 nitrogen and oxygen atoms in total. The quantitative estimate of drug-likeness (QED) is 0.422. The molecular formula is C10H22O7P2. The highest BCUT2D eigenvalue weighted by Crippen LogP contribution is 2.62. The maximum atomic E-state index is 12.3. The Morgan fingerprint density at radius 3 is 1.53 bits per heavy atom. The summed E-state index contributed by atoms with van der Waals surface area (Å²) in [5.41, 5.74) is -0.388. The van der Waals surface area contributed by atoms with Crippen LogP contribution in [0.1, 0.15) is 27.7 Å². The van der Waals surface area contributed by atoms with E-state index in [9.17, 15) is 9.13 Å². The van der Waals surface area contributed by atoms with E-state index in [1.54, 1.807) is 27.7 Å². The minimum Gasteiger partial charge on any atom is -0.396 e. The van der Waals surface area contributed by atoms with Gasteiger partial charge in [0, 0.05) is 0 Å². The molecule has 0 aromatic rings. The van der Waals surface area contributed by atoms with Crippen molar-refractivity contribution < 1.29 is 31.7 Å². The van der Waals surface area contributed by atoms with Crippen molar-refractivity contribution in [1.82, 2.24) is 0 Å². The molecule has 0 rings (SSSR count). The lowest BCUT2D eigenvalue weighted by Gasteiger charge is -2.22. The van der Waals surface area contributed by atoms with Gasteiger partial charge in [-0.25, -0.2) is 4.57 Å². The summed E-state index contributed by atoms with van der Waals surface area (Å²) in [6, 6.07) is 0. The Hall–Kier alpha value is -0.160. The van der Waals surface area contributed by atoms with Gasteiger partial charge in [0.1, 0.15) is 0 Å². The Kier molecular flexibility index (Phi) is 8.83. The van der Waals surface area contributed by atoms with E-state index in [2.05, 4.69) is 6.58 Å². The fraction of sp³-hybridized carbons (Fsp3) is 0.800. The van der Waals surface area contributed by atoms with Gasteiger partial charge in [-0.15, -0.1) is 0 Å². The number of hydrogen-bond acceptors (Lipinski definition) is 7. The first-order chi connectivity index (χ1) is 8.87. The van der Waals surface area contributed by atoms with Gasteiger partial charge in [-0.05, 0) is 34.3 Å². The highest BCUT2D eigenvalue weighted by molar-refractivity contribution is 7.59. The van der Waals surface area contributed by atoms with Crippen molar-refractivity contribution in [3.8, 4) is 0 Å². The number of hydrogen-bond donors (Lipinski definition) is 0. The molecule has 0 aliphatic carbocycles. The monoisotopic (exact) mass is 316 g/mol. The Morgan fingerprint density at radius 2 is 1.21 bits per heavy atom. The third-order valence-corrected chi connectivity index (χ3v) is 5.33. The predicted molar refractivity (Wildman–Crippen MR) is 71.9 cm³/mol. The summed E-state index contributed by atoms with van der Waals surface area (Å²) in [4.78, 5) is 0. The van der Waals surface area contributed by atoms with E-state index in [1.807, 2.05) is 0 Å². The van der Waals surface area contributed by atoms with Crippen LogP contribution in [0.15, 0.2) is 12.1 Å². The Balaban J connectivity index is 4.96. The molecule has 0 fully saturated rings. The summed E-state index contributed by atoms with van der Waals surface area (Å²) < 4.78 is 49.3. The van der Waals surface area contributed by atoms with E-state index in [1.165, 1.54) is 0 Å². The van der Waals surface area contributed by atoms with Crippen molar-refractivity contribution in [3.05, 3.63) is 12.1 Å². The number of phosphoric acid groups is 1. The zero-order chi connectivity index (χ0) is 14.9. The largest absolute Gasteiger partial charge is 0.530 e. The van der Waals surface area contributed by atoms with E-state index < -0.39 is 15.4 Å². The Bertz CT molecular complexity index is 349.